The molecule has 33 heavy (non-hydrogen) atoms. The smallest absolute Gasteiger partial charge is 0.323 e. The van der Waals surface area contributed by atoms with Crippen LogP contribution < -0.4 is 5.32 Å². The SMILES string of the molecule is FC(F)(F)C1(Cc2nc(Nc3n[nH]c4ccccc34)cc(-c3ccccc3Cl)n2)CC=CS1. The molecule has 1 aliphatic heterocycles. The Morgan fingerprint density at radius 2 is 1.88 bits per heavy atom. The fourth-order valence-corrected chi connectivity index (χ4v) is 4.97. The summed E-state index contributed by atoms with van der Waals surface area (Å²) in [6, 6.07) is 16.2. The topological polar surface area (TPSA) is 66.5 Å². The van der Waals surface area contributed by atoms with Crippen LogP contribution in [0.4, 0.5) is 24.8 Å². The molecule has 0 spiro atoms. The summed E-state index contributed by atoms with van der Waals surface area (Å²) in [7, 11) is 0. The number of benzene rings is 2. The van der Waals surface area contributed by atoms with Gasteiger partial charge in [0.2, 0.25) is 0 Å². The summed E-state index contributed by atoms with van der Waals surface area (Å²) in [5, 5.41) is 13.1. The number of allylic oxidation sites excluding steroid dienone is 1. The Hall–Kier alpha value is -3.04. The number of aromatic nitrogens is 4. The van der Waals surface area contributed by atoms with Crippen LogP contribution in [0.15, 0.2) is 66.1 Å². The van der Waals surface area contributed by atoms with Crippen LogP contribution >= 0.6 is 23.4 Å². The lowest BCUT2D eigenvalue weighted by atomic mass is 9.99. The number of para-hydroxylation sites is 1. The molecule has 1 aliphatic rings. The molecule has 0 fully saturated rings. The Balaban J connectivity index is 1.58. The van der Waals surface area contributed by atoms with Gasteiger partial charge in [0.25, 0.3) is 0 Å². The van der Waals surface area contributed by atoms with E-state index in [4.69, 9.17) is 11.6 Å². The van der Waals surface area contributed by atoms with Gasteiger partial charge in [0.15, 0.2) is 5.82 Å². The summed E-state index contributed by atoms with van der Waals surface area (Å²) in [5.41, 5.74) is 1.86. The number of alkyl halides is 3. The maximum Gasteiger partial charge on any atom is 0.404 e. The summed E-state index contributed by atoms with van der Waals surface area (Å²) in [5.74, 6) is 0.923. The van der Waals surface area contributed by atoms with E-state index < -0.39 is 10.9 Å². The van der Waals surface area contributed by atoms with Gasteiger partial charge in [0, 0.05) is 28.5 Å². The second kappa shape index (κ2) is 8.39. The minimum Gasteiger partial charge on any atom is -0.323 e. The molecule has 0 aliphatic carbocycles. The zero-order chi connectivity index (χ0) is 23.1. The summed E-state index contributed by atoms with van der Waals surface area (Å²) in [6.07, 6.45) is -3.39. The van der Waals surface area contributed by atoms with Crippen LogP contribution in [0.3, 0.4) is 0 Å². The maximum absolute atomic E-state index is 14.0. The van der Waals surface area contributed by atoms with Crippen molar-refractivity contribution in [2.75, 3.05) is 5.32 Å². The summed E-state index contributed by atoms with van der Waals surface area (Å²) < 4.78 is 40.0. The van der Waals surface area contributed by atoms with E-state index in [9.17, 15) is 13.2 Å². The van der Waals surface area contributed by atoms with E-state index in [1.807, 2.05) is 24.3 Å². The van der Waals surface area contributed by atoms with Crippen LogP contribution in [0.25, 0.3) is 22.2 Å². The first-order chi connectivity index (χ1) is 15.8. The molecule has 0 amide bonds. The van der Waals surface area contributed by atoms with Crippen molar-refractivity contribution in [1.29, 1.82) is 0 Å². The highest BCUT2D eigenvalue weighted by Crippen LogP contribution is 2.50. The van der Waals surface area contributed by atoms with Crippen molar-refractivity contribution in [3.05, 3.63) is 76.9 Å². The second-order valence-corrected chi connectivity index (χ2v) is 9.34. The van der Waals surface area contributed by atoms with Crippen molar-refractivity contribution < 1.29 is 13.2 Å². The van der Waals surface area contributed by atoms with Crippen LogP contribution in [-0.2, 0) is 6.42 Å². The first kappa shape index (κ1) is 21.8. The van der Waals surface area contributed by atoms with Crippen LogP contribution in [0.2, 0.25) is 5.02 Å². The Kier molecular flexibility index (Phi) is 5.54. The molecular weight excluding hydrogens is 471 g/mol. The zero-order valence-electron chi connectivity index (χ0n) is 17.0. The zero-order valence-corrected chi connectivity index (χ0v) is 18.6. The molecule has 2 aromatic heterocycles. The first-order valence-electron chi connectivity index (χ1n) is 10.1. The van der Waals surface area contributed by atoms with Crippen molar-refractivity contribution >= 4 is 45.9 Å². The molecule has 1 atom stereocenters. The fraction of sp³-hybridized carbons (Fsp3) is 0.174. The Morgan fingerprint density at radius 1 is 1.09 bits per heavy atom. The van der Waals surface area contributed by atoms with E-state index >= 15 is 0 Å². The molecule has 10 heteroatoms. The van der Waals surface area contributed by atoms with Gasteiger partial charge >= 0.3 is 6.18 Å². The van der Waals surface area contributed by atoms with E-state index in [2.05, 4.69) is 25.5 Å². The molecule has 4 aromatic rings. The Morgan fingerprint density at radius 3 is 2.64 bits per heavy atom. The highest BCUT2D eigenvalue weighted by Gasteiger charge is 2.56. The molecular formula is C23H17ClF3N5S. The third-order valence-electron chi connectivity index (χ3n) is 5.44. The molecule has 2 N–H and O–H groups in total. The average Bonchev–Trinajstić information content (AvgIpc) is 3.42. The fourth-order valence-electron chi connectivity index (χ4n) is 3.74. The third-order valence-corrected chi connectivity index (χ3v) is 7.09. The molecule has 1 unspecified atom stereocenters. The summed E-state index contributed by atoms with van der Waals surface area (Å²) in [6.45, 7) is 0. The molecule has 5 nitrogen and oxygen atoms in total. The standard InChI is InChI=1S/C23H17ClF3N5S/c24-16-8-3-1-6-14(16)18-12-19(30-21-15-7-2-4-9-17(15)31-32-21)29-20(28-18)13-22(23(25,26)27)10-5-11-33-22/h1-9,11-12H,10,13H2,(H2,28,29,30,31,32). The van der Waals surface area contributed by atoms with E-state index in [0.717, 1.165) is 22.7 Å². The quantitative estimate of drug-likeness (QED) is 0.320. The van der Waals surface area contributed by atoms with Crippen LogP contribution in [0, 0.1) is 0 Å². The van der Waals surface area contributed by atoms with Gasteiger partial charge in [-0.15, -0.1) is 11.8 Å². The minimum absolute atomic E-state index is 0.0725. The van der Waals surface area contributed by atoms with Crippen molar-refractivity contribution in [2.24, 2.45) is 0 Å². The molecule has 0 saturated carbocycles. The number of anilines is 2. The third kappa shape index (κ3) is 4.18. The van der Waals surface area contributed by atoms with Gasteiger partial charge in [-0.2, -0.15) is 18.3 Å². The van der Waals surface area contributed by atoms with Crippen molar-refractivity contribution in [3.8, 4) is 11.3 Å². The van der Waals surface area contributed by atoms with Gasteiger partial charge in [-0.1, -0.05) is 48.0 Å². The lowest BCUT2D eigenvalue weighted by Gasteiger charge is -2.30. The molecule has 0 saturated heterocycles. The highest BCUT2D eigenvalue weighted by atomic mass is 35.5. The molecule has 168 valence electrons. The number of hydrogen-bond donors (Lipinski definition) is 2. The van der Waals surface area contributed by atoms with Gasteiger partial charge in [-0.25, -0.2) is 9.97 Å². The molecule has 2 aromatic carbocycles. The van der Waals surface area contributed by atoms with Crippen LogP contribution in [-0.4, -0.2) is 31.1 Å². The number of nitrogens with zero attached hydrogens (tertiary/aromatic N) is 3. The van der Waals surface area contributed by atoms with E-state index in [-0.39, 0.29) is 18.7 Å². The number of hydrogen-bond acceptors (Lipinski definition) is 5. The normalized spacial score (nSPS) is 18.2. The van der Waals surface area contributed by atoms with Crippen molar-refractivity contribution in [3.63, 3.8) is 0 Å². The molecule has 3 heterocycles. The number of thioether (sulfide) groups is 1. The van der Waals surface area contributed by atoms with Gasteiger partial charge in [0.05, 0.1) is 11.2 Å². The van der Waals surface area contributed by atoms with E-state index in [1.165, 1.54) is 11.5 Å². The lowest BCUT2D eigenvalue weighted by molar-refractivity contribution is -0.158. The molecule has 0 radical (unpaired) electrons. The van der Waals surface area contributed by atoms with E-state index in [0.29, 0.717) is 27.9 Å². The van der Waals surface area contributed by atoms with Crippen LogP contribution in [0.5, 0.6) is 0 Å². The highest BCUT2D eigenvalue weighted by molar-refractivity contribution is 8.03. The molecule has 5 rings (SSSR count). The largest absolute Gasteiger partial charge is 0.404 e. The predicted molar refractivity (Wildman–Crippen MR) is 126 cm³/mol. The first-order valence-corrected chi connectivity index (χ1v) is 11.3. The van der Waals surface area contributed by atoms with Gasteiger partial charge < -0.3 is 5.32 Å². The minimum atomic E-state index is -4.42. The van der Waals surface area contributed by atoms with Crippen molar-refractivity contribution in [2.45, 2.75) is 23.8 Å². The Labute approximate surface area is 196 Å². The van der Waals surface area contributed by atoms with Crippen LogP contribution in [0.1, 0.15) is 12.2 Å². The van der Waals surface area contributed by atoms with Gasteiger partial charge in [-0.05, 0) is 30.0 Å². The summed E-state index contributed by atoms with van der Waals surface area (Å²) >= 11 is 7.12. The van der Waals surface area contributed by atoms with Crippen molar-refractivity contribution in [1.82, 2.24) is 20.2 Å². The number of fused-ring (bicyclic) bond motifs is 1. The monoisotopic (exact) mass is 487 g/mol. The number of halogens is 4. The Bertz CT molecular complexity index is 1340. The van der Waals surface area contributed by atoms with Gasteiger partial charge in [0.1, 0.15) is 16.4 Å². The maximum atomic E-state index is 14.0. The number of H-pyrrole nitrogens is 1. The predicted octanol–water partition coefficient (Wildman–Crippen LogP) is 6.91. The molecule has 0 bridgehead atoms. The number of aromatic amines is 1. The average molecular weight is 488 g/mol. The van der Waals surface area contributed by atoms with E-state index in [1.54, 1.807) is 30.3 Å². The summed E-state index contributed by atoms with van der Waals surface area (Å²) in [4.78, 5) is 8.91. The lowest BCUT2D eigenvalue weighted by Crippen LogP contribution is -2.42. The van der Waals surface area contributed by atoms with Gasteiger partial charge in [-0.3, -0.25) is 5.10 Å². The number of rotatable bonds is 5. The second-order valence-electron chi connectivity index (χ2n) is 7.64. The number of nitrogens with one attached hydrogen (secondary N) is 2.